The van der Waals surface area contributed by atoms with E-state index in [4.69, 9.17) is 16.3 Å². The number of aromatic nitrogens is 4. The molecule has 3 aromatic heterocycles. The van der Waals surface area contributed by atoms with Crippen LogP contribution < -0.4 is 4.74 Å². The zero-order valence-corrected chi connectivity index (χ0v) is 10.3. The van der Waals surface area contributed by atoms with Crippen molar-refractivity contribution in [3.8, 4) is 17.1 Å². The van der Waals surface area contributed by atoms with Gasteiger partial charge in [0, 0.05) is 29.5 Å². The van der Waals surface area contributed by atoms with Gasteiger partial charge in [-0.1, -0.05) is 0 Å². The molecule has 0 bridgehead atoms. The van der Waals surface area contributed by atoms with E-state index in [1.54, 1.807) is 25.6 Å². The predicted molar refractivity (Wildman–Crippen MR) is 68.7 cm³/mol. The van der Waals surface area contributed by atoms with Crippen LogP contribution >= 0.6 is 11.6 Å². The molecule has 90 valence electrons. The first-order valence-electron chi connectivity index (χ1n) is 5.28. The average molecular weight is 261 g/mol. The molecular formula is C12H9ClN4O. The lowest BCUT2D eigenvalue weighted by Gasteiger charge is -2.01. The molecule has 0 aliphatic carbocycles. The van der Waals surface area contributed by atoms with Gasteiger partial charge in [0.1, 0.15) is 5.52 Å². The van der Waals surface area contributed by atoms with Crippen molar-refractivity contribution in [2.45, 2.75) is 0 Å². The Kier molecular flexibility index (Phi) is 2.60. The van der Waals surface area contributed by atoms with Crippen LogP contribution in [0, 0.1) is 0 Å². The number of ether oxygens (including phenoxy) is 1. The number of rotatable bonds is 2. The Balaban J connectivity index is 2.25. The molecule has 0 amide bonds. The van der Waals surface area contributed by atoms with Crippen LogP contribution in [0.25, 0.3) is 22.2 Å². The number of H-pyrrole nitrogens is 1. The minimum absolute atomic E-state index is 0.225. The maximum atomic E-state index is 5.80. The molecule has 18 heavy (non-hydrogen) atoms. The van der Waals surface area contributed by atoms with E-state index < -0.39 is 0 Å². The summed E-state index contributed by atoms with van der Waals surface area (Å²) in [6.07, 6.45) is 5.18. The molecule has 0 aliphatic heterocycles. The van der Waals surface area contributed by atoms with Crippen molar-refractivity contribution in [2.24, 2.45) is 0 Å². The summed E-state index contributed by atoms with van der Waals surface area (Å²) < 4.78 is 5.20. The highest BCUT2D eigenvalue weighted by Gasteiger charge is 2.11. The van der Waals surface area contributed by atoms with E-state index >= 15 is 0 Å². The van der Waals surface area contributed by atoms with Crippen LogP contribution in [0.5, 0.6) is 5.88 Å². The van der Waals surface area contributed by atoms with Crippen LogP contribution in [-0.2, 0) is 0 Å². The highest BCUT2D eigenvalue weighted by Crippen LogP contribution is 2.30. The normalized spacial score (nSPS) is 10.8. The number of aromatic amines is 1. The Bertz CT molecular complexity index is 710. The topological polar surface area (TPSA) is 63.7 Å². The van der Waals surface area contributed by atoms with Gasteiger partial charge in [-0.15, -0.1) is 0 Å². The highest BCUT2D eigenvalue weighted by molar-refractivity contribution is 6.28. The number of methoxy groups -OCH3 is 1. The van der Waals surface area contributed by atoms with E-state index in [0.29, 0.717) is 5.88 Å². The number of nitrogens with zero attached hydrogens (tertiary/aromatic N) is 3. The van der Waals surface area contributed by atoms with Gasteiger partial charge in [-0.2, -0.15) is 0 Å². The fourth-order valence-corrected chi connectivity index (χ4v) is 2.03. The van der Waals surface area contributed by atoms with Crippen molar-refractivity contribution in [2.75, 3.05) is 7.11 Å². The molecule has 1 N–H and O–H groups in total. The van der Waals surface area contributed by atoms with Crippen LogP contribution in [0.2, 0.25) is 5.28 Å². The van der Waals surface area contributed by atoms with Gasteiger partial charge in [-0.3, -0.25) is 0 Å². The first kappa shape index (κ1) is 11.0. The maximum Gasteiger partial charge on any atom is 0.238 e. The second-order valence-electron chi connectivity index (χ2n) is 3.66. The number of nitrogens with one attached hydrogen (secondary N) is 1. The first-order chi connectivity index (χ1) is 8.79. The summed E-state index contributed by atoms with van der Waals surface area (Å²) in [6, 6.07) is 3.71. The molecule has 0 saturated heterocycles. The molecule has 0 aliphatic rings. The molecule has 3 heterocycles. The van der Waals surface area contributed by atoms with Crippen LogP contribution in [0.3, 0.4) is 0 Å². The zero-order valence-electron chi connectivity index (χ0n) is 9.51. The third kappa shape index (κ3) is 1.69. The van der Waals surface area contributed by atoms with Gasteiger partial charge < -0.3 is 9.72 Å². The minimum Gasteiger partial charge on any atom is -0.479 e. The molecule has 0 saturated carbocycles. The van der Waals surface area contributed by atoms with E-state index in [9.17, 15) is 0 Å². The van der Waals surface area contributed by atoms with Crippen LogP contribution in [0.1, 0.15) is 0 Å². The number of halogens is 1. The predicted octanol–water partition coefficient (Wildman–Crippen LogP) is 2.68. The van der Waals surface area contributed by atoms with Crippen molar-refractivity contribution < 1.29 is 4.74 Å². The lowest BCUT2D eigenvalue weighted by Crippen LogP contribution is -1.88. The number of hydrogen-bond donors (Lipinski definition) is 1. The molecule has 0 aromatic carbocycles. The van der Waals surface area contributed by atoms with Gasteiger partial charge in [0.05, 0.1) is 12.8 Å². The van der Waals surface area contributed by atoms with Crippen molar-refractivity contribution >= 4 is 22.5 Å². The largest absolute Gasteiger partial charge is 0.479 e. The smallest absolute Gasteiger partial charge is 0.238 e. The van der Waals surface area contributed by atoms with Gasteiger partial charge >= 0.3 is 0 Å². The molecule has 0 unspecified atom stereocenters. The number of hydrogen-bond acceptors (Lipinski definition) is 4. The van der Waals surface area contributed by atoms with E-state index in [1.807, 2.05) is 12.3 Å². The van der Waals surface area contributed by atoms with Gasteiger partial charge in [-0.25, -0.2) is 15.0 Å². The molecule has 5 nitrogen and oxygen atoms in total. The quantitative estimate of drug-likeness (QED) is 0.720. The van der Waals surface area contributed by atoms with E-state index in [0.717, 1.165) is 22.2 Å². The Hall–Kier alpha value is -2.14. The first-order valence-corrected chi connectivity index (χ1v) is 5.66. The van der Waals surface area contributed by atoms with Gasteiger partial charge in [0.15, 0.2) is 0 Å². The number of pyridine rings is 1. The van der Waals surface area contributed by atoms with E-state index in [1.165, 1.54) is 0 Å². The summed E-state index contributed by atoms with van der Waals surface area (Å²) in [7, 11) is 1.59. The van der Waals surface area contributed by atoms with Crippen LogP contribution in [0.4, 0.5) is 0 Å². The third-order valence-corrected chi connectivity index (χ3v) is 2.84. The molecular weight excluding hydrogens is 252 g/mol. The van der Waals surface area contributed by atoms with Crippen molar-refractivity contribution in [3.63, 3.8) is 0 Å². The second kappa shape index (κ2) is 4.27. The molecule has 0 fully saturated rings. The Morgan fingerprint density at radius 1 is 1.22 bits per heavy atom. The maximum absolute atomic E-state index is 5.80. The lowest BCUT2D eigenvalue weighted by molar-refractivity contribution is 0.402. The summed E-state index contributed by atoms with van der Waals surface area (Å²) in [5, 5.41) is 1.21. The fourth-order valence-electron chi connectivity index (χ4n) is 1.88. The fraction of sp³-hybridized carbons (Fsp3) is 0.0833. The van der Waals surface area contributed by atoms with E-state index in [2.05, 4.69) is 19.9 Å². The highest BCUT2D eigenvalue weighted by atomic mass is 35.5. The van der Waals surface area contributed by atoms with Gasteiger partial charge in [0.2, 0.25) is 11.2 Å². The summed E-state index contributed by atoms with van der Waals surface area (Å²) in [6.45, 7) is 0. The monoisotopic (exact) mass is 260 g/mol. The minimum atomic E-state index is 0.225. The molecule has 0 radical (unpaired) electrons. The van der Waals surface area contributed by atoms with Gasteiger partial charge in [-0.05, 0) is 23.7 Å². The molecule has 6 heteroatoms. The average Bonchev–Trinajstić information content (AvgIpc) is 2.82. The second-order valence-corrected chi connectivity index (χ2v) is 3.99. The molecule has 3 rings (SSSR count). The lowest BCUT2D eigenvalue weighted by atomic mass is 10.1. The molecule has 3 aromatic rings. The Morgan fingerprint density at radius 3 is 2.83 bits per heavy atom. The van der Waals surface area contributed by atoms with Crippen molar-refractivity contribution in [1.29, 1.82) is 0 Å². The zero-order chi connectivity index (χ0) is 12.5. The van der Waals surface area contributed by atoms with Crippen LogP contribution in [-0.4, -0.2) is 27.0 Å². The Morgan fingerprint density at radius 2 is 2.06 bits per heavy atom. The van der Waals surface area contributed by atoms with Crippen molar-refractivity contribution in [1.82, 2.24) is 19.9 Å². The Labute approximate surface area is 108 Å². The number of fused-ring (bicyclic) bond motifs is 1. The molecule has 0 atom stereocenters. The van der Waals surface area contributed by atoms with Crippen LogP contribution in [0.15, 0.2) is 30.7 Å². The summed E-state index contributed by atoms with van der Waals surface area (Å²) in [5.41, 5.74) is 2.54. The molecule has 0 spiro atoms. The van der Waals surface area contributed by atoms with Gasteiger partial charge in [0.25, 0.3) is 0 Å². The summed E-state index contributed by atoms with van der Waals surface area (Å²) in [4.78, 5) is 15.3. The standard InChI is InChI=1S/C12H9ClN4O/c1-18-11-10-7(2-4-14-11)8(6-16-10)9-3-5-15-12(13)17-9/h2-6,16H,1H3. The summed E-state index contributed by atoms with van der Waals surface area (Å²) >= 11 is 5.80. The van der Waals surface area contributed by atoms with Crippen molar-refractivity contribution in [3.05, 3.63) is 36.0 Å². The summed E-state index contributed by atoms with van der Waals surface area (Å²) in [5.74, 6) is 0.555. The SMILES string of the molecule is COc1nccc2c(-c3ccnc(Cl)n3)c[nH]c12. The van der Waals surface area contributed by atoms with E-state index in [-0.39, 0.29) is 5.28 Å². The third-order valence-electron chi connectivity index (χ3n) is 2.66.